The number of aromatic nitrogens is 1. The molecule has 2 aromatic carbocycles. The van der Waals surface area contributed by atoms with E-state index in [1.54, 1.807) is 4.57 Å². The average molecular weight is 292 g/mol. The Balaban J connectivity index is 2.33. The third-order valence-electron chi connectivity index (χ3n) is 3.54. The molecule has 3 rings (SSSR count). The Hall–Kier alpha value is -3.08. The summed E-state index contributed by atoms with van der Waals surface area (Å²) < 4.78 is 1.69. The molecule has 0 bridgehead atoms. The maximum Gasteiger partial charge on any atom is 0.259 e. The van der Waals surface area contributed by atoms with E-state index in [1.165, 1.54) is 0 Å². The van der Waals surface area contributed by atoms with Crippen molar-refractivity contribution in [1.82, 2.24) is 4.57 Å². The van der Waals surface area contributed by atoms with Crippen LogP contribution < -0.4 is 17.1 Å². The minimum atomic E-state index is -0.114. The van der Waals surface area contributed by atoms with Crippen LogP contribution in [0.5, 0.6) is 0 Å². The van der Waals surface area contributed by atoms with Gasteiger partial charge in [-0.25, -0.2) is 0 Å². The maximum atomic E-state index is 12.8. The minimum Gasteiger partial charge on any atom is -0.385 e. The van der Waals surface area contributed by atoms with Crippen molar-refractivity contribution in [1.29, 1.82) is 0 Å². The van der Waals surface area contributed by atoms with Crippen LogP contribution in [0.3, 0.4) is 0 Å². The summed E-state index contributed by atoms with van der Waals surface area (Å²) in [7, 11) is 0. The molecule has 0 amide bonds. The molecule has 4 N–H and O–H groups in total. The van der Waals surface area contributed by atoms with E-state index in [-0.39, 0.29) is 17.8 Å². The Morgan fingerprint density at radius 2 is 1.73 bits per heavy atom. The monoisotopic (exact) mass is 292 g/mol. The number of amidine groups is 1. The number of hydrazone groups is 1. The summed E-state index contributed by atoms with van der Waals surface area (Å²) in [6.45, 7) is 0. The summed E-state index contributed by atoms with van der Waals surface area (Å²) in [6.07, 6.45) is 0.229. The number of hydrogen-bond acceptors (Lipinski definition) is 3. The summed E-state index contributed by atoms with van der Waals surface area (Å²) >= 11 is 0. The van der Waals surface area contributed by atoms with Crippen LogP contribution in [0.2, 0.25) is 0 Å². The molecule has 0 saturated carbocycles. The van der Waals surface area contributed by atoms with E-state index >= 15 is 0 Å². The van der Waals surface area contributed by atoms with Crippen LogP contribution >= 0.6 is 0 Å². The van der Waals surface area contributed by atoms with Gasteiger partial charge in [-0.3, -0.25) is 9.36 Å². The lowest BCUT2D eigenvalue weighted by Gasteiger charge is -2.13. The number of nitrogens with two attached hydrogens (primary N) is 2. The van der Waals surface area contributed by atoms with Crippen molar-refractivity contribution in [2.45, 2.75) is 6.42 Å². The van der Waals surface area contributed by atoms with Crippen molar-refractivity contribution in [2.24, 2.45) is 16.7 Å². The highest BCUT2D eigenvalue weighted by Gasteiger charge is 2.11. The topological polar surface area (TPSA) is 86.4 Å². The van der Waals surface area contributed by atoms with E-state index in [4.69, 9.17) is 11.6 Å². The van der Waals surface area contributed by atoms with Crippen LogP contribution in [0.4, 0.5) is 0 Å². The first-order valence-electron chi connectivity index (χ1n) is 6.92. The first kappa shape index (κ1) is 13.9. The third-order valence-corrected chi connectivity index (χ3v) is 3.54. The molecule has 0 fully saturated rings. The number of nitrogens with zero attached hydrogens (tertiary/aromatic N) is 2. The predicted molar refractivity (Wildman–Crippen MR) is 89.1 cm³/mol. The first-order chi connectivity index (χ1) is 10.7. The second kappa shape index (κ2) is 5.73. The van der Waals surface area contributed by atoms with Crippen molar-refractivity contribution < 1.29 is 0 Å². The molecule has 3 aromatic rings. The zero-order valence-electron chi connectivity index (χ0n) is 11.9. The number of hydrogen-bond donors (Lipinski definition) is 2. The molecule has 0 saturated heterocycles. The summed E-state index contributed by atoms with van der Waals surface area (Å²) in [6, 6.07) is 19.1. The smallest absolute Gasteiger partial charge is 0.259 e. The lowest BCUT2D eigenvalue weighted by Crippen LogP contribution is -2.27. The van der Waals surface area contributed by atoms with Gasteiger partial charge in [0.15, 0.2) is 0 Å². The normalized spacial score (nSPS) is 11.7. The van der Waals surface area contributed by atoms with Gasteiger partial charge in [-0.05, 0) is 29.7 Å². The van der Waals surface area contributed by atoms with Crippen molar-refractivity contribution in [3.8, 4) is 5.69 Å². The predicted octanol–water partition coefficient (Wildman–Crippen LogP) is 1.76. The number of pyridine rings is 1. The molecule has 1 heterocycles. The number of benzene rings is 2. The van der Waals surface area contributed by atoms with E-state index in [0.717, 1.165) is 16.6 Å². The van der Waals surface area contributed by atoms with Gasteiger partial charge >= 0.3 is 0 Å². The fraction of sp³-hybridized carbons (Fsp3) is 0.0588. The van der Waals surface area contributed by atoms with E-state index < -0.39 is 0 Å². The zero-order valence-corrected chi connectivity index (χ0v) is 11.9. The maximum absolute atomic E-state index is 12.8. The Morgan fingerprint density at radius 1 is 1.05 bits per heavy atom. The molecule has 22 heavy (non-hydrogen) atoms. The van der Waals surface area contributed by atoms with E-state index in [0.29, 0.717) is 5.56 Å². The minimum absolute atomic E-state index is 0.114. The molecule has 0 unspecified atom stereocenters. The quantitative estimate of drug-likeness (QED) is 0.334. The SMILES string of the molecule is N/N=C(/N)Cc1cc2ccccc2n(-c2ccccc2)c1=O. The molecule has 0 aliphatic heterocycles. The summed E-state index contributed by atoms with van der Waals surface area (Å²) in [5.74, 6) is 5.41. The van der Waals surface area contributed by atoms with Gasteiger partial charge < -0.3 is 11.6 Å². The standard InChI is InChI=1S/C17H16N4O/c18-16(20-19)11-13-10-12-6-4-5-9-15(12)21(17(13)22)14-7-2-1-3-8-14/h1-10H,11,19H2,(H2,18,20). The van der Waals surface area contributed by atoms with Crippen LogP contribution in [-0.4, -0.2) is 10.4 Å². The van der Waals surface area contributed by atoms with Gasteiger partial charge in [-0.15, -0.1) is 0 Å². The van der Waals surface area contributed by atoms with Gasteiger partial charge in [0.2, 0.25) is 0 Å². The van der Waals surface area contributed by atoms with E-state index in [2.05, 4.69) is 5.10 Å². The second-order valence-corrected chi connectivity index (χ2v) is 5.00. The van der Waals surface area contributed by atoms with Crippen molar-refractivity contribution in [2.75, 3.05) is 0 Å². The third kappa shape index (κ3) is 2.44. The highest BCUT2D eigenvalue weighted by atomic mass is 16.1. The van der Waals surface area contributed by atoms with Crippen LogP contribution in [0.25, 0.3) is 16.6 Å². The number of fused-ring (bicyclic) bond motifs is 1. The largest absolute Gasteiger partial charge is 0.385 e. The Kier molecular flexibility index (Phi) is 3.62. The molecule has 5 heteroatoms. The lowest BCUT2D eigenvalue weighted by atomic mass is 10.1. The van der Waals surface area contributed by atoms with Crippen molar-refractivity contribution in [3.05, 3.63) is 76.6 Å². The van der Waals surface area contributed by atoms with Crippen LogP contribution in [0, 0.1) is 0 Å². The Labute approximate surface area is 127 Å². The number of para-hydroxylation sites is 2. The molecule has 0 atom stereocenters. The Morgan fingerprint density at radius 3 is 2.45 bits per heavy atom. The Bertz CT molecular complexity index is 897. The van der Waals surface area contributed by atoms with E-state index in [9.17, 15) is 4.79 Å². The van der Waals surface area contributed by atoms with Gasteiger partial charge in [0, 0.05) is 17.7 Å². The molecule has 5 nitrogen and oxygen atoms in total. The first-order valence-corrected chi connectivity index (χ1v) is 6.92. The molecular formula is C17H16N4O. The molecule has 110 valence electrons. The van der Waals surface area contributed by atoms with Gasteiger partial charge in [0.25, 0.3) is 5.56 Å². The molecule has 0 radical (unpaired) electrons. The summed E-state index contributed by atoms with van der Waals surface area (Å²) in [4.78, 5) is 12.8. The fourth-order valence-electron chi connectivity index (χ4n) is 2.52. The fourth-order valence-corrected chi connectivity index (χ4v) is 2.52. The highest BCUT2D eigenvalue weighted by molar-refractivity contribution is 5.85. The van der Waals surface area contributed by atoms with E-state index in [1.807, 2.05) is 60.7 Å². The van der Waals surface area contributed by atoms with Gasteiger partial charge in [-0.2, -0.15) is 5.10 Å². The van der Waals surface area contributed by atoms with Gasteiger partial charge in [-0.1, -0.05) is 36.4 Å². The molecular weight excluding hydrogens is 276 g/mol. The van der Waals surface area contributed by atoms with Crippen molar-refractivity contribution >= 4 is 16.7 Å². The summed E-state index contributed by atoms with van der Waals surface area (Å²) in [5.41, 5.74) is 7.80. The van der Waals surface area contributed by atoms with Crippen molar-refractivity contribution in [3.63, 3.8) is 0 Å². The van der Waals surface area contributed by atoms with Crippen LogP contribution in [0.1, 0.15) is 5.56 Å². The molecule has 1 aromatic heterocycles. The van der Waals surface area contributed by atoms with Crippen LogP contribution in [-0.2, 0) is 6.42 Å². The second-order valence-electron chi connectivity index (χ2n) is 5.00. The number of rotatable bonds is 3. The highest BCUT2D eigenvalue weighted by Crippen LogP contribution is 2.17. The van der Waals surface area contributed by atoms with Gasteiger partial charge in [0.1, 0.15) is 5.84 Å². The lowest BCUT2D eigenvalue weighted by molar-refractivity contribution is 1.00. The summed E-state index contributed by atoms with van der Waals surface area (Å²) in [5, 5.41) is 4.42. The van der Waals surface area contributed by atoms with Gasteiger partial charge in [0.05, 0.1) is 5.52 Å². The van der Waals surface area contributed by atoms with Crippen LogP contribution in [0.15, 0.2) is 70.6 Å². The molecule has 0 aliphatic carbocycles. The average Bonchev–Trinajstić information content (AvgIpc) is 2.56. The molecule has 0 spiro atoms. The zero-order chi connectivity index (χ0) is 15.5. The molecule has 0 aliphatic rings.